The molecule has 4 nitrogen and oxygen atoms in total. The smallest absolute Gasteiger partial charge is 0.326 e. The third-order valence-electron chi connectivity index (χ3n) is 1.98. The first-order valence-corrected chi connectivity index (χ1v) is 6.98. The molecule has 0 aliphatic rings. The zero-order chi connectivity index (χ0) is 14.0. The summed E-state index contributed by atoms with van der Waals surface area (Å²) < 4.78 is 60.8. The highest BCUT2D eigenvalue weighted by Gasteiger charge is 2.30. The maximum Gasteiger partial charge on any atom is 0.402 e. The van der Waals surface area contributed by atoms with Crippen molar-refractivity contribution < 1.29 is 21.6 Å². The summed E-state index contributed by atoms with van der Waals surface area (Å²) in [7, 11) is -4.21. The Morgan fingerprint density at radius 1 is 1.33 bits per heavy atom. The molecule has 0 amide bonds. The lowest BCUT2D eigenvalue weighted by atomic mass is 10.2. The SMILES string of the molecule is NCc1ccc(S(=O)(=O)NCC(F)(F)F)c(Br)c1. The quantitative estimate of drug-likeness (QED) is 0.872. The summed E-state index contributed by atoms with van der Waals surface area (Å²) in [5.41, 5.74) is 6.02. The van der Waals surface area contributed by atoms with Gasteiger partial charge in [0.25, 0.3) is 0 Å². The van der Waals surface area contributed by atoms with Gasteiger partial charge < -0.3 is 5.73 Å². The number of nitrogens with two attached hydrogens (primary N) is 1. The summed E-state index contributed by atoms with van der Waals surface area (Å²) >= 11 is 2.99. The molecule has 0 heterocycles. The first-order chi connectivity index (χ1) is 8.15. The molecular formula is C9H10BrF3N2O2S. The van der Waals surface area contributed by atoms with Crippen molar-refractivity contribution in [2.75, 3.05) is 6.54 Å². The third-order valence-corrected chi connectivity index (χ3v) is 4.36. The monoisotopic (exact) mass is 346 g/mol. The maximum absolute atomic E-state index is 12.0. The van der Waals surface area contributed by atoms with Gasteiger partial charge in [-0.3, -0.25) is 0 Å². The first kappa shape index (κ1) is 15.4. The zero-order valence-corrected chi connectivity index (χ0v) is 11.4. The van der Waals surface area contributed by atoms with Crippen molar-refractivity contribution in [3.05, 3.63) is 28.2 Å². The molecule has 0 radical (unpaired) electrons. The minimum absolute atomic E-state index is 0.167. The van der Waals surface area contributed by atoms with Gasteiger partial charge in [-0.25, -0.2) is 13.1 Å². The fourth-order valence-corrected chi connectivity index (χ4v) is 3.28. The molecule has 0 atom stereocenters. The van der Waals surface area contributed by atoms with Crippen LogP contribution >= 0.6 is 15.9 Å². The average molecular weight is 347 g/mol. The van der Waals surface area contributed by atoms with Gasteiger partial charge in [-0.2, -0.15) is 13.2 Å². The first-order valence-electron chi connectivity index (χ1n) is 4.70. The Bertz CT molecular complexity index is 531. The van der Waals surface area contributed by atoms with E-state index >= 15 is 0 Å². The molecule has 0 saturated heterocycles. The molecule has 1 rings (SSSR count). The second-order valence-electron chi connectivity index (χ2n) is 3.41. The summed E-state index contributed by atoms with van der Waals surface area (Å²) in [6.45, 7) is -1.41. The van der Waals surface area contributed by atoms with Crippen LogP contribution in [0.1, 0.15) is 5.56 Å². The van der Waals surface area contributed by atoms with Gasteiger partial charge in [0, 0.05) is 11.0 Å². The van der Waals surface area contributed by atoms with Crippen LogP contribution in [-0.2, 0) is 16.6 Å². The third kappa shape index (κ3) is 4.23. The minimum atomic E-state index is -4.60. The Kier molecular flexibility index (Phi) is 4.76. The van der Waals surface area contributed by atoms with Gasteiger partial charge in [-0.1, -0.05) is 6.07 Å². The molecule has 3 N–H and O–H groups in total. The molecule has 0 aliphatic carbocycles. The molecule has 0 bridgehead atoms. The van der Waals surface area contributed by atoms with E-state index in [1.54, 1.807) is 0 Å². The van der Waals surface area contributed by atoms with Gasteiger partial charge in [0.15, 0.2) is 0 Å². The number of hydrogen-bond donors (Lipinski definition) is 2. The van der Waals surface area contributed by atoms with Crippen LogP contribution in [0.3, 0.4) is 0 Å². The van der Waals surface area contributed by atoms with Gasteiger partial charge >= 0.3 is 6.18 Å². The van der Waals surface area contributed by atoms with Crippen molar-refractivity contribution in [2.45, 2.75) is 17.6 Å². The zero-order valence-electron chi connectivity index (χ0n) is 8.96. The molecule has 0 fully saturated rings. The number of benzene rings is 1. The van der Waals surface area contributed by atoms with Gasteiger partial charge in [0.2, 0.25) is 10.0 Å². The average Bonchev–Trinajstić information content (AvgIpc) is 2.25. The van der Waals surface area contributed by atoms with Gasteiger partial charge in [0.05, 0.1) is 4.90 Å². The fourth-order valence-electron chi connectivity index (χ4n) is 1.14. The van der Waals surface area contributed by atoms with Crippen LogP contribution in [0, 0.1) is 0 Å². The number of alkyl halides is 3. The number of nitrogens with one attached hydrogen (secondary N) is 1. The van der Waals surface area contributed by atoms with Crippen LogP contribution < -0.4 is 10.5 Å². The maximum atomic E-state index is 12.0. The Balaban J connectivity index is 2.99. The van der Waals surface area contributed by atoms with E-state index in [0.29, 0.717) is 5.56 Å². The molecule has 18 heavy (non-hydrogen) atoms. The summed E-state index contributed by atoms with van der Waals surface area (Å²) in [5.74, 6) is 0. The lowest BCUT2D eigenvalue weighted by Crippen LogP contribution is -2.33. The largest absolute Gasteiger partial charge is 0.402 e. The standard InChI is InChI=1S/C9H10BrF3N2O2S/c10-7-3-6(4-14)1-2-8(7)18(16,17)15-5-9(11,12)13/h1-3,15H,4-5,14H2. The predicted octanol–water partition coefficient (Wildman–Crippen LogP) is 1.75. The van der Waals surface area contributed by atoms with E-state index in [0.717, 1.165) is 0 Å². The van der Waals surface area contributed by atoms with E-state index in [-0.39, 0.29) is 15.9 Å². The van der Waals surface area contributed by atoms with E-state index in [1.807, 2.05) is 0 Å². The minimum Gasteiger partial charge on any atom is -0.326 e. The van der Waals surface area contributed by atoms with Gasteiger partial charge in [-0.05, 0) is 33.6 Å². The number of hydrogen-bond acceptors (Lipinski definition) is 3. The van der Waals surface area contributed by atoms with Crippen LogP contribution in [0.5, 0.6) is 0 Å². The van der Waals surface area contributed by atoms with E-state index in [1.165, 1.54) is 22.9 Å². The van der Waals surface area contributed by atoms with Crippen molar-refractivity contribution in [2.24, 2.45) is 5.73 Å². The van der Waals surface area contributed by atoms with Crippen molar-refractivity contribution in [1.29, 1.82) is 0 Å². The van der Waals surface area contributed by atoms with E-state index in [9.17, 15) is 21.6 Å². The van der Waals surface area contributed by atoms with Crippen molar-refractivity contribution in [3.63, 3.8) is 0 Å². The van der Waals surface area contributed by atoms with Gasteiger partial charge in [0.1, 0.15) is 6.54 Å². The Morgan fingerprint density at radius 2 is 1.94 bits per heavy atom. The molecule has 1 aromatic rings. The highest BCUT2D eigenvalue weighted by molar-refractivity contribution is 9.10. The van der Waals surface area contributed by atoms with Crippen molar-refractivity contribution >= 4 is 26.0 Å². The molecule has 0 saturated carbocycles. The lowest BCUT2D eigenvalue weighted by Gasteiger charge is -2.11. The lowest BCUT2D eigenvalue weighted by molar-refractivity contribution is -0.121. The second-order valence-corrected chi connectivity index (χ2v) is 6.00. The van der Waals surface area contributed by atoms with Crippen LogP contribution in [0.25, 0.3) is 0 Å². The molecule has 102 valence electrons. The Labute approximate surface area is 111 Å². The highest BCUT2D eigenvalue weighted by atomic mass is 79.9. The summed E-state index contributed by atoms with van der Waals surface area (Å²) in [6, 6.07) is 4.08. The molecule has 9 heteroatoms. The summed E-state index contributed by atoms with van der Waals surface area (Å²) in [4.78, 5) is -0.260. The van der Waals surface area contributed by atoms with Crippen molar-refractivity contribution in [3.8, 4) is 0 Å². The Morgan fingerprint density at radius 3 is 2.39 bits per heavy atom. The van der Waals surface area contributed by atoms with E-state index in [4.69, 9.17) is 5.73 Å². The molecule has 0 aromatic heterocycles. The van der Waals surface area contributed by atoms with Gasteiger partial charge in [-0.15, -0.1) is 0 Å². The van der Waals surface area contributed by atoms with Crippen LogP contribution in [-0.4, -0.2) is 21.1 Å². The molecule has 0 aliphatic heterocycles. The second kappa shape index (κ2) is 5.55. The summed E-state index contributed by atoms with van der Waals surface area (Å²) in [5, 5.41) is 0. The summed E-state index contributed by atoms with van der Waals surface area (Å²) in [6.07, 6.45) is -4.60. The normalized spacial score (nSPS) is 12.7. The van der Waals surface area contributed by atoms with E-state index in [2.05, 4.69) is 15.9 Å². The number of sulfonamides is 1. The molecule has 0 spiro atoms. The van der Waals surface area contributed by atoms with Crippen molar-refractivity contribution in [1.82, 2.24) is 4.72 Å². The highest BCUT2D eigenvalue weighted by Crippen LogP contribution is 2.23. The Hall–Kier alpha value is -0.640. The van der Waals surface area contributed by atoms with Crippen LogP contribution in [0.15, 0.2) is 27.6 Å². The van der Waals surface area contributed by atoms with Crippen LogP contribution in [0.2, 0.25) is 0 Å². The van der Waals surface area contributed by atoms with E-state index < -0.39 is 22.7 Å². The predicted molar refractivity (Wildman–Crippen MR) is 63.3 cm³/mol. The van der Waals surface area contributed by atoms with Crippen LogP contribution in [0.4, 0.5) is 13.2 Å². The molecule has 0 unspecified atom stereocenters. The molecular weight excluding hydrogens is 337 g/mol. The topological polar surface area (TPSA) is 72.2 Å². The molecule has 1 aromatic carbocycles. The fraction of sp³-hybridized carbons (Fsp3) is 0.333. The number of halogens is 4. The number of rotatable bonds is 4.